The Bertz CT molecular complexity index is 208. The molecule has 1 aliphatic carbocycles. The molecule has 120 valence electrons. The Balaban J connectivity index is 2.52. The van der Waals surface area contributed by atoms with E-state index in [1.807, 2.05) is 0 Å². The lowest BCUT2D eigenvalue weighted by molar-refractivity contribution is 0.112. The molecule has 1 saturated carbocycles. The van der Waals surface area contributed by atoms with E-state index in [2.05, 4.69) is 37.5 Å². The Kier molecular flexibility index (Phi) is 8.79. The van der Waals surface area contributed by atoms with E-state index in [-0.39, 0.29) is 0 Å². The molecule has 0 spiro atoms. The summed E-state index contributed by atoms with van der Waals surface area (Å²) in [5.74, 6) is 0. The molecule has 1 fully saturated rings. The predicted molar refractivity (Wildman–Crippen MR) is 90.3 cm³/mol. The first-order valence-electron chi connectivity index (χ1n) is 9.14. The van der Waals surface area contributed by atoms with Crippen molar-refractivity contribution in [1.29, 1.82) is 0 Å². The fraction of sp³-hybridized carbons (Fsp3) is 1.00. The van der Waals surface area contributed by atoms with Gasteiger partial charge in [0.1, 0.15) is 0 Å². The molecule has 1 rings (SSSR count). The van der Waals surface area contributed by atoms with Gasteiger partial charge in [0.25, 0.3) is 0 Å². The monoisotopic (exact) mass is 282 g/mol. The average Bonchev–Trinajstić information content (AvgIpc) is 2.50. The molecule has 2 nitrogen and oxygen atoms in total. The minimum atomic E-state index is 0.656. The van der Waals surface area contributed by atoms with Gasteiger partial charge in [-0.05, 0) is 70.4 Å². The largest absolute Gasteiger partial charge is 0.304 e. The Morgan fingerprint density at radius 2 is 1.05 bits per heavy atom. The number of rotatable bonds is 10. The molecule has 0 aromatic heterocycles. The van der Waals surface area contributed by atoms with E-state index in [0.717, 1.165) is 0 Å². The van der Waals surface area contributed by atoms with Crippen LogP contribution in [0.5, 0.6) is 0 Å². The average molecular weight is 283 g/mol. The summed E-state index contributed by atoms with van der Waals surface area (Å²) in [6, 6.07) is 0. The van der Waals surface area contributed by atoms with Crippen LogP contribution in [0.15, 0.2) is 0 Å². The van der Waals surface area contributed by atoms with E-state index in [0.29, 0.717) is 5.41 Å². The first-order chi connectivity index (χ1) is 9.69. The van der Waals surface area contributed by atoms with Crippen molar-refractivity contribution < 1.29 is 0 Å². The van der Waals surface area contributed by atoms with Gasteiger partial charge in [-0.25, -0.2) is 0 Å². The highest BCUT2D eigenvalue weighted by Gasteiger charge is 2.31. The molecule has 0 aromatic rings. The molecule has 0 heterocycles. The molecule has 0 N–H and O–H groups in total. The smallest absolute Gasteiger partial charge is 0.00137 e. The number of nitrogens with zero attached hydrogens (tertiary/aromatic N) is 2. The molecule has 0 saturated heterocycles. The maximum absolute atomic E-state index is 2.60. The SMILES string of the molecule is CCN(CC)CCC1(CCN(CC)CC)CCCCC1. The normalized spacial score (nSPS) is 18.9. The van der Waals surface area contributed by atoms with Gasteiger partial charge < -0.3 is 9.80 Å². The number of hydrogen-bond acceptors (Lipinski definition) is 2. The molecule has 20 heavy (non-hydrogen) atoms. The number of hydrogen-bond donors (Lipinski definition) is 0. The molecular weight excluding hydrogens is 244 g/mol. The maximum atomic E-state index is 2.60. The highest BCUT2D eigenvalue weighted by Crippen LogP contribution is 2.42. The summed E-state index contributed by atoms with van der Waals surface area (Å²) in [6.07, 6.45) is 10.2. The van der Waals surface area contributed by atoms with Crippen LogP contribution >= 0.6 is 0 Å². The Labute approximate surface area is 127 Å². The van der Waals surface area contributed by atoms with Crippen molar-refractivity contribution >= 4 is 0 Å². The summed E-state index contributed by atoms with van der Waals surface area (Å²) < 4.78 is 0. The van der Waals surface area contributed by atoms with E-state index in [9.17, 15) is 0 Å². The van der Waals surface area contributed by atoms with Gasteiger partial charge in [-0.3, -0.25) is 0 Å². The van der Waals surface area contributed by atoms with E-state index in [1.165, 1.54) is 84.2 Å². The standard InChI is InChI=1S/C18H38N2/c1-5-19(6-2)16-14-18(12-10-9-11-13-18)15-17-20(7-3)8-4/h5-17H2,1-4H3. The van der Waals surface area contributed by atoms with Crippen LogP contribution in [0, 0.1) is 5.41 Å². The Morgan fingerprint density at radius 1 is 0.650 bits per heavy atom. The van der Waals surface area contributed by atoms with E-state index >= 15 is 0 Å². The summed E-state index contributed by atoms with van der Waals surface area (Å²) in [5.41, 5.74) is 0.656. The predicted octanol–water partition coefficient (Wildman–Crippen LogP) is 4.40. The molecule has 0 amide bonds. The van der Waals surface area contributed by atoms with Crippen LogP contribution in [0.2, 0.25) is 0 Å². The second-order valence-electron chi connectivity index (χ2n) is 6.61. The zero-order valence-corrected chi connectivity index (χ0v) is 14.6. The van der Waals surface area contributed by atoms with Gasteiger partial charge in [-0.2, -0.15) is 0 Å². The zero-order valence-electron chi connectivity index (χ0n) is 14.6. The van der Waals surface area contributed by atoms with Crippen molar-refractivity contribution in [2.45, 2.75) is 72.6 Å². The first-order valence-corrected chi connectivity index (χ1v) is 9.14. The lowest BCUT2D eigenvalue weighted by Crippen LogP contribution is -2.35. The zero-order chi connectivity index (χ0) is 14.8. The third-order valence-corrected chi connectivity index (χ3v) is 5.62. The lowest BCUT2D eigenvalue weighted by Gasteiger charge is -2.40. The van der Waals surface area contributed by atoms with Crippen LogP contribution in [0.3, 0.4) is 0 Å². The van der Waals surface area contributed by atoms with Crippen molar-refractivity contribution in [2.24, 2.45) is 5.41 Å². The highest BCUT2D eigenvalue weighted by atomic mass is 15.1. The van der Waals surface area contributed by atoms with Gasteiger partial charge >= 0.3 is 0 Å². The summed E-state index contributed by atoms with van der Waals surface area (Å²) in [4.78, 5) is 5.21. The van der Waals surface area contributed by atoms with Crippen LogP contribution in [0.4, 0.5) is 0 Å². The minimum absolute atomic E-state index is 0.656. The third-order valence-electron chi connectivity index (χ3n) is 5.62. The van der Waals surface area contributed by atoms with E-state index < -0.39 is 0 Å². The third kappa shape index (κ3) is 5.73. The summed E-state index contributed by atoms with van der Waals surface area (Å²) in [6.45, 7) is 16.7. The fourth-order valence-corrected chi connectivity index (χ4v) is 3.80. The Hall–Kier alpha value is -0.0800. The van der Waals surface area contributed by atoms with E-state index in [1.54, 1.807) is 0 Å². The van der Waals surface area contributed by atoms with Gasteiger partial charge in [0.05, 0.1) is 0 Å². The quantitative estimate of drug-likeness (QED) is 0.586. The highest BCUT2D eigenvalue weighted by molar-refractivity contribution is 4.84. The Morgan fingerprint density at radius 3 is 1.40 bits per heavy atom. The summed E-state index contributed by atoms with van der Waals surface area (Å²) >= 11 is 0. The molecule has 0 aromatic carbocycles. The van der Waals surface area contributed by atoms with Gasteiger partial charge in [0, 0.05) is 0 Å². The molecule has 0 unspecified atom stereocenters. The van der Waals surface area contributed by atoms with Crippen molar-refractivity contribution in [3.8, 4) is 0 Å². The molecule has 0 aliphatic heterocycles. The van der Waals surface area contributed by atoms with Crippen LogP contribution in [-0.4, -0.2) is 49.1 Å². The van der Waals surface area contributed by atoms with Gasteiger partial charge in [-0.15, -0.1) is 0 Å². The second-order valence-corrected chi connectivity index (χ2v) is 6.61. The maximum Gasteiger partial charge on any atom is -0.00137 e. The van der Waals surface area contributed by atoms with Crippen molar-refractivity contribution in [1.82, 2.24) is 9.80 Å². The minimum Gasteiger partial charge on any atom is -0.304 e. The summed E-state index contributed by atoms with van der Waals surface area (Å²) in [5, 5.41) is 0. The van der Waals surface area contributed by atoms with Gasteiger partial charge in [0.2, 0.25) is 0 Å². The van der Waals surface area contributed by atoms with Crippen LogP contribution < -0.4 is 0 Å². The van der Waals surface area contributed by atoms with Crippen molar-refractivity contribution in [3.63, 3.8) is 0 Å². The molecular formula is C18H38N2. The molecule has 2 heteroatoms. The van der Waals surface area contributed by atoms with Gasteiger partial charge in [0.15, 0.2) is 0 Å². The van der Waals surface area contributed by atoms with Crippen LogP contribution in [-0.2, 0) is 0 Å². The molecule has 0 radical (unpaired) electrons. The van der Waals surface area contributed by atoms with Gasteiger partial charge in [-0.1, -0.05) is 47.0 Å². The molecule has 0 bridgehead atoms. The topological polar surface area (TPSA) is 6.48 Å². The lowest BCUT2D eigenvalue weighted by atomic mass is 9.69. The molecule has 1 aliphatic rings. The van der Waals surface area contributed by atoms with Crippen LogP contribution in [0.25, 0.3) is 0 Å². The van der Waals surface area contributed by atoms with Crippen molar-refractivity contribution in [2.75, 3.05) is 39.3 Å². The molecule has 0 atom stereocenters. The van der Waals surface area contributed by atoms with E-state index in [4.69, 9.17) is 0 Å². The summed E-state index contributed by atoms with van der Waals surface area (Å²) in [7, 11) is 0. The first kappa shape index (κ1) is 18.0. The fourth-order valence-electron chi connectivity index (χ4n) is 3.80. The van der Waals surface area contributed by atoms with Crippen LogP contribution in [0.1, 0.15) is 72.6 Å². The van der Waals surface area contributed by atoms with Crippen molar-refractivity contribution in [3.05, 3.63) is 0 Å². The second kappa shape index (κ2) is 9.78.